The number of fused-ring (bicyclic) bond motifs is 1. The van der Waals surface area contributed by atoms with E-state index in [1.54, 1.807) is 31.4 Å². The van der Waals surface area contributed by atoms with Gasteiger partial charge in [0, 0.05) is 17.4 Å². The molecule has 0 fully saturated rings. The maximum Gasteiger partial charge on any atom is 0.325 e. The van der Waals surface area contributed by atoms with Crippen LogP contribution in [0.15, 0.2) is 48.5 Å². The van der Waals surface area contributed by atoms with Gasteiger partial charge in [-0.3, -0.25) is 10.1 Å². The summed E-state index contributed by atoms with van der Waals surface area (Å²) in [5, 5.41) is 5.01. The van der Waals surface area contributed by atoms with Gasteiger partial charge in [0.1, 0.15) is 5.75 Å². The summed E-state index contributed by atoms with van der Waals surface area (Å²) >= 11 is 0. The van der Waals surface area contributed by atoms with Crippen molar-refractivity contribution in [2.24, 2.45) is 0 Å². The molecular formula is C19H21N3O3. The van der Waals surface area contributed by atoms with Crippen LogP contribution in [0.3, 0.4) is 0 Å². The van der Waals surface area contributed by atoms with Crippen LogP contribution in [0.25, 0.3) is 0 Å². The number of carbonyl (C=O) groups is 2. The number of urea groups is 1. The van der Waals surface area contributed by atoms with Crippen LogP contribution < -0.4 is 20.3 Å². The van der Waals surface area contributed by atoms with Crippen molar-refractivity contribution in [3.63, 3.8) is 0 Å². The van der Waals surface area contributed by atoms with Crippen molar-refractivity contribution in [1.82, 2.24) is 5.32 Å². The molecule has 25 heavy (non-hydrogen) atoms. The Morgan fingerprint density at radius 1 is 1.16 bits per heavy atom. The normalized spacial score (nSPS) is 15.4. The van der Waals surface area contributed by atoms with Crippen molar-refractivity contribution >= 4 is 23.3 Å². The van der Waals surface area contributed by atoms with Crippen LogP contribution in [-0.2, 0) is 11.2 Å². The van der Waals surface area contributed by atoms with Crippen LogP contribution in [0.1, 0.15) is 12.5 Å². The first-order chi connectivity index (χ1) is 12.1. The summed E-state index contributed by atoms with van der Waals surface area (Å²) in [6.07, 6.45) is 0.904. The van der Waals surface area contributed by atoms with Gasteiger partial charge in [-0.15, -0.1) is 0 Å². The zero-order chi connectivity index (χ0) is 17.8. The Kier molecular flexibility index (Phi) is 4.88. The number of nitrogens with one attached hydrogen (secondary N) is 2. The monoisotopic (exact) mass is 339 g/mol. The third-order valence-corrected chi connectivity index (χ3v) is 4.26. The molecule has 1 unspecified atom stereocenters. The van der Waals surface area contributed by atoms with Crippen LogP contribution in [0.5, 0.6) is 5.75 Å². The summed E-state index contributed by atoms with van der Waals surface area (Å²) in [6, 6.07) is 14.6. The third kappa shape index (κ3) is 3.91. The second-order valence-corrected chi connectivity index (χ2v) is 6.04. The highest BCUT2D eigenvalue weighted by Gasteiger charge is 2.27. The summed E-state index contributed by atoms with van der Waals surface area (Å²) in [6.45, 7) is 2.22. The Labute approximate surface area is 146 Å². The van der Waals surface area contributed by atoms with Gasteiger partial charge in [-0.1, -0.05) is 18.2 Å². The molecule has 0 radical (unpaired) electrons. The Balaban J connectivity index is 1.56. The molecule has 130 valence electrons. The van der Waals surface area contributed by atoms with Crippen molar-refractivity contribution in [3.05, 3.63) is 54.1 Å². The maximum absolute atomic E-state index is 12.2. The first-order valence-corrected chi connectivity index (χ1v) is 8.16. The number of imide groups is 1. The minimum Gasteiger partial charge on any atom is -0.497 e. The molecule has 3 rings (SSSR count). The van der Waals surface area contributed by atoms with Crippen LogP contribution in [-0.4, -0.2) is 31.6 Å². The van der Waals surface area contributed by atoms with E-state index >= 15 is 0 Å². The number of ether oxygens (including phenoxy) is 1. The third-order valence-electron chi connectivity index (χ3n) is 4.26. The molecule has 6 heteroatoms. The average molecular weight is 339 g/mol. The highest BCUT2D eigenvalue weighted by Crippen LogP contribution is 2.31. The number of hydrogen-bond donors (Lipinski definition) is 2. The van der Waals surface area contributed by atoms with Crippen molar-refractivity contribution < 1.29 is 14.3 Å². The summed E-state index contributed by atoms with van der Waals surface area (Å²) in [4.78, 5) is 26.2. The standard InChI is InChI=1S/C19H21N3O3/c1-13-11-14-5-3-4-6-17(14)22(13)12-18(23)21-19(24)20-15-7-9-16(25-2)10-8-15/h3-10,13H,11-12H2,1-2H3,(H2,20,21,23,24). The highest BCUT2D eigenvalue weighted by atomic mass is 16.5. The van der Waals surface area contributed by atoms with E-state index in [4.69, 9.17) is 4.74 Å². The van der Waals surface area contributed by atoms with E-state index in [0.29, 0.717) is 11.4 Å². The molecule has 0 saturated heterocycles. The molecule has 0 saturated carbocycles. The van der Waals surface area contributed by atoms with E-state index in [1.165, 1.54) is 5.56 Å². The van der Waals surface area contributed by atoms with E-state index in [0.717, 1.165) is 12.1 Å². The number of para-hydroxylation sites is 1. The van der Waals surface area contributed by atoms with Gasteiger partial charge in [0.05, 0.1) is 13.7 Å². The van der Waals surface area contributed by atoms with Gasteiger partial charge in [0.25, 0.3) is 0 Å². The predicted molar refractivity (Wildman–Crippen MR) is 97.1 cm³/mol. The minimum atomic E-state index is -0.546. The van der Waals surface area contributed by atoms with E-state index < -0.39 is 6.03 Å². The molecule has 1 heterocycles. The molecule has 2 aromatic rings. The van der Waals surface area contributed by atoms with Crippen molar-refractivity contribution in [3.8, 4) is 5.75 Å². The minimum absolute atomic E-state index is 0.147. The lowest BCUT2D eigenvalue weighted by Gasteiger charge is -2.24. The van der Waals surface area contributed by atoms with Crippen LogP contribution in [0, 0.1) is 0 Å². The smallest absolute Gasteiger partial charge is 0.325 e. The first kappa shape index (κ1) is 16.8. The van der Waals surface area contributed by atoms with Crippen molar-refractivity contribution in [1.29, 1.82) is 0 Å². The molecule has 1 aliphatic heterocycles. The zero-order valence-corrected chi connectivity index (χ0v) is 14.3. The number of rotatable bonds is 4. The second kappa shape index (κ2) is 7.25. The summed E-state index contributed by atoms with van der Waals surface area (Å²) < 4.78 is 5.06. The number of nitrogens with zero attached hydrogens (tertiary/aromatic N) is 1. The number of methoxy groups -OCH3 is 1. The Bertz CT molecular complexity index is 774. The van der Waals surface area contributed by atoms with Gasteiger partial charge >= 0.3 is 6.03 Å². The van der Waals surface area contributed by atoms with Gasteiger partial charge in [0.15, 0.2) is 0 Å². The van der Waals surface area contributed by atoms with Crippen LogP contribution in [0.4, 0.5) is 16.2 Å². The second-order valence-electron chi connectivity index (χ2n) is 6.04. The topological polar surface area (TPSA) is 70.7 Å². The van der Waals surface area contributed by atoms with Crippen LogP contribution >= 0.6 is 0 Å². The van der Waals surface area contributed by atoms with Gasteiger partial charge in [-0.2, -0.15) is 0 Å². The largest absolute Gasteiger partial charge is 0.497 e. The van der Waals surface area contributed by atoms with E-state index in [2.05, 4.69) is 23.6 Å². The highest BCUT2D eigenvalue weighted by molar-refractivity contribution is 6.02. The Hall–Kier alpha value is -3.02. The van der Waals surface area contributed by atoms with Gasteiger partial charge in [-0.05, 0) is 49.2 Å². The fourth-order valence-electron chi connectivity index (χ4n) is 3.03. The number of anilines is 2. The van der Waals surface area contributed by atoms with Gasteiger partial charge in [0.2, 0.25) is 5.91 Å². The quantitative estimate of drug-likeness (QED) is 0.899. The fraction of sp³-hybridized carbons (Fsp3) is 0.263. The lowest BCUT2D eigenvalue weighted by Crippen LogP contribution is -2.43. The van der Waals surface area contributed by atoms with Crippen molar-refractivity contribution in [2.75, 3.05) is 23.9 Å². The van der Waals surface area contributed by atoms with E-state index in [1.807, 2.05) is 23.1 Å². The molecule has 1 aliphatic rings. The Morgan fingerprint density at radius 3 is 2.60 bits per heavy atom. The summed E-state index contributed by atoms with van der Waals surface area (Å²) in [7, 11) is 1.57. The number of hydrogen-bond acceptors (Lipinski definition) is 4. The molecule has 0 aromatic heterocycles. The molecule has 3 amide bonds. The lowest BCUT2D eigenvalue weighted by molar-refractivity contribution is -0.118. The summed E-state index contributed by atoms with van der Waals surface area (Å²) in [5.74, 6) is 0.360. The number of amides is 3. The zero-order valence-electron chi connectivity index (χ0n) is 14.3. The number of benzene rings is 2. The molecule has 0 spiro atoms. The molecule has 1 atom stereocenters. The SMILES string of the molecule is COc1ccc(NC(=O)NC(=O)CN2c3ccccc3CC2C)cc1. The molecular weight excluding hydrogens is 318 g/mol. The molecule has 6 nitrogen and oxygen atoms in total. The molecule has 0 aliphatic carbocycles. The average Bonchev–Trinajstić information content (AvgIpc) is 2.91. The molecule has 0 bridgehead atoms. The van der Waals surface area contributed by atoms with E-state index in [-0.39, 0.29) is 18.5 Å². The van der Waals surface area contributed by atoms with Gasteiger partial charge < -0.3 is 15.0 Å². The van der Waals surface area contributed by atoms with Gasteiger partial charge in [-0.25, -0.2) is 4.79 Å². The number of carbonyl (C=O) groups excluding carboxylic acids is 2. The maximum atomic E-state index is 12.2. The Morgan fingerprint density at radius 2 is 1.88 bits per heavy atom. The lowest BCUT2D eigenvalue weighted by atomic mass is 10.1. The molecule has 2 N–H and O–H groups in total. The predicted octanol–water partition coefficient (Wildman–Crippen LogP) is 2.79. The van der Waals surface area contributed by atoms with Crippen LogP contribution in [0.2, 0.25) is 0 Å². The first-order valence-electron chi connectivity index (χ1n) is 8.16. The van der Waals surface area contributed by atoms with Crippen molar-refractivity contribution in [2.45, 2.75) is 19.4 Å². The molecule has 2 aromatic carbocycles. The fourth-order valence-corrected chi connectivity index (χ4v) is 3.03. The van der Waals surface area contributed by atoms with E-state index in [9.17, 15) is 9.59 Å². The summed E-state index contributed by atoms with van der Waals surface area (Å²) in [5.41, 5.74) is 2.87.